The maximum absolute atomic E-state index is 13.5. The fourth-order valence-electron chi connectivity index (χ4n) is 3.87. The maximum atomic E-state index is 13.5. The molecule has 1 atom stereocenters. The Morgan fingerprint density at radius 1 is 1.29 bits per heavy atom. The second-order valence-electron chi connectivity index (χ2n) is 7.66. The number of hydrogen-bond donors (Lipinski definition) is 2. The fraction of sp³-hybridized carbons (Fsp3) is 0.476. The second kappa shape index (κ2) is 9.19. The first-order valence-corrected chi connectivity index (χ1v) is 11.7. The lowest BCUT2D eigenvalue weighted by atomic mass is 9.99. The molecule has 0 spiro atoms. The molecule has 0 radical (unpaired) electrons. The van der Waals surface area contributed by atoms with Gasteiger partial charge in [0, 0.05) is 30.7 Å². The normalized spacial score (nSPS) is 17.4. The van der Waals surface area contributed by atoms with E-state index in [0.29, 0.717) is 30.0 Å². The highest BCUT2D eigenvalue weighted by Gasteiger charge is 2.38. The summed E-state index contributed by atoms with van der Waals surface area (Å²) in [6.07, 6.45) is 2.70. The van der Waals surface area contributed by atoms with E-state index in [2.05, 4.69) is 15.3 Å². The molecule has 3 rings (SSSR count). The molecule has 1 aliphatic heterocycles. The molecule has 0 saturated carbocycles. The first-order valence-electron chi connectivity index (χ1n) is 10.3. The standard InChI is InChI=1S/C21H28N4O5S/c1-5-30-21(27)17-14(3)23-15(4)18(17)31(28,29)25-11-7-9-16(12-25)20(26)24-19-13(2)8-6-10-22-19/h6,8,10,16,23H,5,7,9,11-12H2,1-4H3,(H,22,24,26)/t16-/m1/s1. The number of carbonyl (C=O) groups is 2. The molecule has 10 heteroatoms. The number of hydrogen-bond acceptors (Lipinski definition) is 6. The quantitative estimate of drug-likeness (QED) is 0.655. The summed E-state index contributed by atoms with van der Waals surface area (Å²) >= 11 is 0. The Balaban J connectivity index is 1.85. The van der Waals surface area contributed by atoms with Crippen molar-refractivity contribution in [2.24, 2.45) is 5.92 Å². The molecule has 0 bridgehead atoms. The maximum Gasteiger partial charge on any atom is 0.341 e. The van der Waals surface area contributed by atoms with Gasteiger partial charge in [0.05, 0.1) is 12.5 Å². The molecule has 2 aromatic heterocycles. The van der Waals surface area contributed by atoms with Gasteiger partial charge in [-0.05, 0) is 52.2 Å². The minimum absolute atomic E-state index is 0.0232. The Kier molecular flexibility index (Phi) is 6.80. The van der Waals surface area contributed by atoms with Crippen molar-refractivity contribution >= 4 is 27.7 Å². The number of rotatable bonds is 6. The van der Waals surface area contributed by atoms with Crippen LogP contribution in [0.25, 0.3) is 0 Å². The lowest BCUT2D eigenvalue weighted by molar-refractivity contribution is -0.120. The third kappa shape index (κ3) is 4.64. The number of nitrogens with zero attached hydrogens (tertiary/aromatic N) is 2. The van der Waals surface area contributed by atoms with Gasteiger partial charge in [-0.25, -0.2) is 18.2 Å². The minimum atomic E-state index is -4.01. The molecular weight excluding hydrogens is 420 g/mol. The van der Waals surface area contributed by atoms with Gasteiger partial charge in [-0.3, -0.25) is 4.79 Å². The number of aromatic nitrogens is 2. The fourth-order valence-corrected chi connectivity index (χ4v) is 5.81. The van der Waals surface area contributed by atoms with Gasteiger partial charge in [0.2, 0.25) is 15.9 Å². The molecule has 0 aromatic carbocycles. The summed E-state index contributed by atoms with van der Waals surface area (Å²) in [4.78, 5) is 32.3. The van der Waals surface area contributed by atoms with Crippen LogP contribution in [0.4, 0.5) is 5.82 Å². The third-order valence-corrected chi connectivity index (χ3v) is 7.44. The van der Waals surface area contributed by atoms with Crippen molar-refractivity contribution < 1.29 is 22.7 Å². The van der Waals surface area contributed by atoms with Crippen molar-refractivity contribution in [3.63, 3.8) is 0 Å². The van der Waals surface area contributed by atoms with Crippen molar-refractivity contribution in [3.8, 4) is 0 Å². The summed E-state index contributed by atoms with van der Waals surface area (Å²) in [5.41, 5.74) is 1.66. The monoisotopic (exact) mass is 448 g/mol. The lowest BCUT2D eigenvalue weighted by Gasteiger charge is -2.31. The highest BCUT2D eigenvalue weighted by atomic mass is 32.2. The van der Waals surface area contributed by atoms with Gasteiger partial charge in [-0.2, -0.15) is 4.31 Å². The van der Waals surface area contributed by atoms with Gasteiger partial charge in [0.1, 0.15) is 16.3 Å². The average molecular weight is 449 g/mol. The molecule has 1 amide bonds. The topological polar surface area (TPSA) is 121 Å². The first kappa shape index (κ1) is 23.0. The van der Waals surface area contributed by atoms with Gasteiger partial charge >= 0.3 is 5.97 Å². The van der Waals surface area contributed by atoms with E-state index in [1.54, 1.807) is 33.0 Å². The molecule has 2 aromatic rings. The minimum Gasteiger partial charge on any atom is -0.462 e. The van der Waals surface area contributed by atoms with Gasteiger partial charge in [0.25, 0.3) is 0 Å². The number of sulfonamides is 1. The van der Waals surface area contributed by atoms with E-state index in [-0.39, 0.29) is 36.1 Å². The van der Waals surface area contributed by atoms with Crippen LogP contribution in [0.15, 0.2) is 23.2 Å². The molecule has 31 heavy (non-hydrogen) atoms. The Hall–Kier alpha value is -2.72. The van der Waals surface area contributed by atoms with Crippen LogP contribution in [0.2, 0.25) is 0 Å². The molecule has 0 unspecified atom stereocenters. The predicted octanol–water partition coefficient (Wildman–Crippen LogP) is 2.55. The summed E-state index contributed by atoms with van der Waals surface area (Å²) in [5.74, 6) is -1.00. The molecule has 1 saturated heterocycles. The Labute approximate surface area is 182 Å². The van der Waals surface area contributed by atoms with Gasteiger partial charge < -0.3 is 15.0 Å². The predicted molar refractivity (Wildman–Crippen MR) is 115 cm³/mol. The highest BCUT2D eigenvalue weighted by molar-refractivity contribution is 7.89. The summed E-state index contributed by atoms with van der Waals surface area (Å²) in [6, 6.07) is 3.62. The second-order valence-corrected chi connectivity index (χ2v) is 9.53. The molecule has 1 aliphatic rings. The van der Waals surface area contributed by atoms with Gasteiger partial charge in [-0.15, -0.1) is 0 Å². The summed E-state index contributed by atoms with van der Waals surface area (Å²) < 4.78 is 33.3. The molecule has 0 aliphatic carbocycles. The number of aromatic amines is 1. The van der Waals surface area contributed by atoms with Gasteiger partial charge in [0.15, 0.2) is 0 Å². The molecule has 168 valence electrons. The number of H-pyrrole nitrogens is 1. The van der Waals surface area contributed by atoms with Crippen LogP contribution in [-0.2, 0) is 19.6 Å². The summed E-state index contributed by atoms with van der Waals surface area (Å²) in [6.45, 7) is 7.21. The molecule has 3 heterocycles. The SMILES string of the molecule is CCOC(=O)c1c(C)[nH]c(C)c1S(=O)(=O)N1CCC[C@@H](C(=O)Nc2ncccc2C)C1. The zero-order valence-corrected chi connectivity index (χ0v) is 19.0. The number of esters is 1. The highest BCUT2D eigenvalue weighted by Crippen LogP contribution is 2.31. The molecule has 2 N–H and O–H groups in total. The van der Waals surface area contributed by atoms with Crippen LogP contribution >= 0.6 is 0 Å². The Morgan fingerprint density at radius 3 is 2.71 bits per heavy atom. The van der Waals surface area contributed by atoms with Crippen molar-refractivity contribution in [3.05, 3.63) is 40.8 Å². The molecule has 1 fully saturated rings. The number of nitrogens with one attached hydrogen (secondary N) is 2. The van der Waals surface area contributed by atoms with E-state index >= 15 is 0 Å². The van der Waals surface area contributed by atoms with E-state index in [1.807, 2.05) is 13.0 Å². The van der Waals surface area contributed by atoms with Crippen molar-refractivity contribution in [2.75, 3.05) is 25.0 Å². The van der Waals surface area contributed by atoms with E-state index in [4.69, 9.17) is 4.74 Å². The van der Waals surface area contributed by atoms with Crippen LogP contribution in [0.1, 0.15) is 47.1 Å². The number of carbonyl (C=O) groups excluding carboxylic acids is 2. The Morgan fingerprint density at radius 2 is 2.03 bits per heavy atom. The van der Waals surface area contributed by atoms with Crippen molar-refractivity contribution in [1.29, 1.82) is 0 Å². The number of aryl methyl sites for hydroxylation is 3. The van der Waals surface area contributed by atoms with Crippen LogP contribution in [0.3, 0.4) is 0 Å². The van der Waals surface area contributed by atoms with Crippen LogP contribution in [-0.4, -0.2) is 54.3 Å². The summed E-state index contributed by atoms with van der Waals surface area (Å²) in [5, 5.41) is 2.80. The van der Waals surface area contributed by atoms with Crippen LogP contribution in [0.5, 0.6) is 0 Å². The van der Waals surface area contributed by atoms with Gasteiger partial charge in [-0.1, -0.05) is 6.07 Å². The average Bonchev–Trinajstić information content (AvgIpc) is 3.04. The van der Waals surface area contributed by atoms with Crippen molar-refractivity contribution in [1.82, 2.24) is 14.3 Å². The van der Waals surface area contributed by atoms with Crippen LogP contribution < -0.4 is 5.32 Å². The van der Waals surface area contributed by atoms with E-state index in [9.17, 15) is 18.0 Å². The number of ether oxygens (including phenoxy) is 1. The van der Waals surface area contributed by atoms with E-state index in [0.717, 1.165) is 5.56 Å². The molecule has 9 nitrogen and oxygen atoms in total. The smallest absolute Gasteiger partial charge is 0.341 e. The third-order valence-electron chi connectivity index (χ3n) is 5.40. The van der Waals surface area contributed by atoms with E-state index in [1.165, 1.54) is 4.31 Å². The zero-order chi connectivity index (χ0) is 22.8. The lowest BCUT2D eigenvalue weighted by Crippen LogP contribution is -2.44. The molecular formula is C21H28N4O5S. The van der Waals surface area contributed by atoms with E-state index < -0.39 is 21.9 Å². The largest absolute Gasteiger partial charge is 0.462 e. The summed E-state index contributed by atoms with van der Waals surface area (Å²) in [7, 11) is -4.01. The first-order chi connectivity index (χ1) is 14.7. The van der Waals surface area contributed by atoms with Crippen molar-refractivity contribution in [2.45, 2.75) is 45.4 Å². The zero-order valence-electron chi connectivity index (χ0n) is 18.2. The van der Waals surface area contributed by atoms with Crippen LogP contribution in [0, 0.1) is 26.7 Å². The number of anilines is 1. The Bertz CT molecular complexity index is 1090. The number of pyridine rings is 1. The number of amides is 1. The number of piperidine rings is 1.